The Hall–Kier alpha value is -4.35. The number of carbonyl (C=O) groups excluding carboxylic acids is 1. The third-order valence-corrected chi connectivity index (χ3v) is 10.3. The van der Waals surface area contributed by atoms with E-state index in [4.69, 9.17) is 14.2 Å². The summed E-state index contributed by atoms with van der Waals surface area (Å²) in [5.41, 5.74) is 1.11. The SMILES string of the molecule is COc1ccc(C(=O)N[C@@H](C)c2ccc(S(=O)(=O)c3ccc(OC)cc3S(=O)(=O)c3ccc(OC)cc3)cc2)cc1. The van der Waals surface area contributed by atoms with E-state index in [1.807, 2.05) is 0 Å². The molecule has 214 valence electrons. The molecule has 0 fully saturated rings. The number of methoxy groups -OCH3 is 3. The maximum atomic E-state index is 13.7. The van der Waals surface area contributed by atoms with Crippen molar-refractivity contribution in [1.29, 1.82) is 0 Å². The molecule has 41 heavy (non-hydrogen) atoms. The van der Waals surface area contributed by atoms with E-state index in [1.165, 1.54) is 75.9 Å². The van der Waals surface area contributed by atoms with Gasteiger partial charge in [0.25, 0.3) is 5.91 Å². The van der Waals surface area contributed by atoms with Crippen molar-refractivity contribution in [1.82, 2.24) is 5.32 Å². The van der Waals surface area contributed by atoms with Crippen LogP contribution in [0.15, 0.2) is 111 Å². The standard InChI is InChI=1S/C30H29NO8S2/c1-20(31-30(32)22-5-9-23(37-2)10-6-22)21-7-14-26(15-8-21)40(33,34)28-18-13-25(39-4)19-29(28)41(35,36)27-16-11-24(38-3)12-17-27/h5-20H,1-4H3,(H,31,32)/t20-/m0/s1. The first kappa shape index (κ1) is 29.6. The second-order valence-electron chi connectivity index (χ2n) is 8.99. The normalized spacial score (nSPS) is 12.3. The highest BCUT2D eigenvalue weighted by atomic mass is 32.2. The number of benzene rings is 4. The van der Waals surface area contributed by atoms with E-state index in [0.29, 0.717) is 22.6 Å². The van der Waals surface area contributed by atoms with Gasteiger partial charge in [-0.15, -0.1) is 0 Å². The first-order chi connectivity index (χ1) is 19.5. The Morgan fingerprint density at radius 3 is 1.56 bits per heavy atom. The van der Waals surface area contributed by atoms with Crippen LogP contribution in [0.3, 0.4) is 0 Å². The Bertz CT molecular complexity index is 1750. The molecule has 0 heterocycles. The average Bonchev–Trinajstić information content (AvgIpc) is 3.00. The van der Waals surface area contributed by atoms with Crippen LogP contribution in [-0.4, -0.2) is 44.1 Å². The highest BCUT2D eigenvalue weighted by Crippen LogP contribution is 2.34. The monoisotopic (exact) mass is 595 g/mol. The summed E-state index contributed by atoms with van der Waals surface area (Å²) in [6.45, 7) is 1.77. The van der Waals surface area contributed by atoms with Crippen LogP contribution in [0.4, 0.5) is 0 Å². The van der Waals surface area contributed by atoms with Crippen molar-refractivity contribution in [3.8, 4) is 17.2 Å². The molecule has 11 heteroatoms. The van der Waals surface area contributed by atoms with Crippen LogP contribution >= 0.6 is 0 Å². The van der Waals surface area contributed by atoms with E-state index in [0.717, 1.165) is 0 Å². The second-order valence-corrected chi connectivity index (χ2v) is 12.8. The average molecular weight is 596 g/mol. The number of rotatable bonds is 10. The summed E-state index contributed by atoms with van der Waals surface area (Å²) in [6.07, 6.45) is 0. The lowest BCUT2D eigenvalue weighted by Crippen LogP contribution is -2.26. The fraction of sp³-hybridized carbons (Fsp3) is 0.167. The van der Waals surface area contributed by atoms with Crippen LogP contribution in [0.2, 0.25) is 0 Å². The van der Waals surface area contributed by atoms with Gasteiger partial charge in [0.1, 0.15) is 17.2 Å². The van der Waals surface area contributed by atoms with E-state index in [-0.39, 0.29) is 26.3 Å². The molecule has 1 N–H and O–H groups in total. The van der Waals surface area contributed by atoms with Gasteiger partial charge in [0.2, 0.25) is 19.7 Å². The molecular formula is C30H29NO8S2. The highest BCUT2D eigenvalue weighted by molar-refractivity contribution is 7.94. The molecule has 0 aliphatic rings. The number of ether oxygens (including phenoxy) is 3. The molecule has 0 unspecified atom stereocenters. The van der Waals surface area contributed by atoms with Gasteiger partial charge >= 0.3 is 0 Å². The number of amides is 1. The van der Waals surface area contributed by atoms with Gasteiger partial charge in [-0.05, 0) is 85.3 Å². The number of carbonyl (C=O) groups is 1. The first-order valence-corrected chi connectivity index (χ1v) is 15.3. The van der Waals surface area contributed by atoms with Crippen LogP contribution < -0.4 is 19.5 Å². The first-order valence-electron chi connectivity index (χ1n) is 12.4. The van der Waals surface area contributed by atoms with Crippen molar-refractivity contribution in [2.75, 3.05) is 21.3 Å². The third kappa shape index (κ3) is 6.21. The van der Waals surface area contributed by atoms with Gasteiger partial charge in [-0.25, -0.2) is 16.8 Å². The summed E-state index contributed by atoms with van der Waals surface area (Å²) >= 11 is 0. The van der Waals surface area contributed by atoms with Gasteiger partial charge in [-0.3, -0.25) is 4.79 Å². The predicted octanol–water partition coefficient (Wildman–Crippen LogP) is 4.87. The number of hydrogen-bond acceptors (Lipinski definition) is 8. The third-order valence-electron chi connectivity index (χ3n) is 6.49. The molecule has 0 saturated carbocycles. The minimum Gasteiger partial charge on any atom is -0.497 e. The Kier molecular flexibility index (Phi) is 8.69. The van der Waals surface area contributed by atoms with Crippen LogP contribution in [0.5, 0.6) is 17.2 Å². The fourth-order valence-corrected chi connectivity index (χ4v) is 7.43. The predicted molar refractivity (Wildman–Crippen MR) is 152 cm³/mol. The maximum Gasteiger partial charge on any atom is 0.251 e. The lowest BCUT2D eigenvalue weighted by atomic mass is 10.1. The molecule has 0 saturated heterocycles. The van der Waals surface area contributed by atoms with E-state index in [2.05, 4.69) is 5.32 Å². The van der Waals surface area contributed by atoms with E-state index in [9.17, 15) is 21.6 Å². The van der Waals surface area contributed by atoms with Crippen molar-refractivity contribution in [3.05, 3.63) is 102 Å². The quantitative estimate of drug-likeness (QED) is 0.275. The summed E-state index contributed by atoms with van der Waals surface area (Å²) in [5, 5.41) is 2.88. The van der Waals surface area contributed by atoms with E-state index in [1.54, 1.807) is 43.3 Å². The van der Waals surface area contributed by atoms with Crippen molar-refractivity contribution in [2.24, 2.45) is 0 Å². The van der Waals surface area contributed by atoms with E-state index < -0.39 is 30.6 Å². The molecule has 4 aromatic rings. The Balaban J connectivity index is 1.64. The largest absolute Gasteiger partial charge is 0.497 e. The van der Waals surface area contributed by atoms with Crippen LogP contribution in [-0.2, 0) is 19.7 Å². The smallest absolute Gasteiger partial charge is 0.251 e. The van der Waals surface area contributed by atoms with E-state index >= 15 is 0 Å². The maximum absolute atomic E-state index is 13.7. The van der Waals surface area contributed by atoms with Gasteiger partial charge in [-0.2, -0.15) is 0 Å². The van der Waals surface area contributed by atoms with Crippen LogP contribution in [0.25, 0.3) is 0 Å². The lowest BCUT2D eigenvalue weighted by Gasteiger charge is -2.16. The molecule has 0 radical (unpaired) electrons. The Morgan fingerprint density at radius 2 is 1.05 bits per heavy atom. The minimum atomic E-state index is -4.27. The van der Waals surface area contributed by atoms with Gasteiger partial charge in [0, 0.05) is 11.6 Å². The fourth-order valence-electron chi connectivity index (χ4n) is 4.10. The zero-order valence-electron chi connectivity index (χ0n) is 22.8. The minimum absolute atomic E-state index is 0.0974. The molecule has 0 aromatic heterocycles. The second kappa shape index (κ2) is 12.0. The molecule has 0 spiro atoms. The van der Waals surface area contributed by atoms with Crippen LogP contribution in [0, 0.1) is 0 Å². The Labute approximate surface area is 239 Å². The zero-order chi connectivity index (χ0) is 29.8. The van der Waals surface area contributed by atoms with Crippen molar-refractivity contribution in [3.63, 3.8) is 0 Å². The molecule has 4 aromatic carbocycles. The summed E-state index contributed by atoms with van der Waals surface area (Å²) < 4.78 is 70.0. The summed E-state index contributed by atoms with van der Waals surface area (Å²) in [7, 11) is -4.17. The topological polar surface area (TPSA) is 125 Å². The zero-order valence-corrected chi connectivity index (χ0v) is 24.5. The van der Waals surface area contributed by atoms with Gasteiger partial charge in [0.15, 0.2) is 0 Å². The Morgan fingerprint density at radius 1 is 0.610 bits per heavy atom. The van der Waals surface area contributed by atoms with Gasteiger partial charge in [0.05, 0.1) is 47.0 Å². The lowest BCUT2D eigenvalue weighted by molar-refractivity contribution is 0.0940. The molecule has 1 amide bonds. The molecule has 0 bridgehead atoms. The number of sulfone groups is 2. The molecule has 4 rings (SSSR count). The van der Waals surface area contributed by atoms with Crippen LogP contribution in [0.1, 0.15) is 28.9 Å². The van der Waals surface area contributed by atoms with Gasteiger partial charge in [-0.1, -0.05) is 12.1 Å². The summed E-state index contributed by atoms with van der Waals surface area (Å²) in [4.78, 5) is 11.7. The molecular weight excluding hydrogens is 566 g/mol. The van der Waals surface area contributed by atoms with Gasteiger partial charge < -0.3 is 19.5 Å². The number of nitrogens with one attached hydrogen (secondary N) is 1. The highest BCUT2D eigenvalue weighted by Gasteiger charge is 2.30. The molecule has 0 aliphatic carbocycles. The number of hydrogen-bond donors (Lipinski definition) is 1. The van der Waals surface area contributed by atoms with Crippen molar-refractivity contribution < 1.29 is 35.8 Å². The summed E-state index contributed by atoms with van der Waals surface area (Å²) in [6, 6.07) is 21.6. The summed E-state index contributed by atoms with van der Waals surface area (Å²) in [5.74, 6) is 0.969. The molecule has 1 atom stereocenters. The molecule has 9 nitrogen and oxygen atoms in total. The van der Waals surface area contributed by atoms with Crippen molar-refractivity contribution in [2.45, 2.75) is 32.5 Å². The molecule has 0 aliphatic heterocycles. The van der Waals surface area contributed by atoms with Crippen molar-refractivity contribution >= 4 is 25.6 Å².